The fourth-order valence-electron chi connectivity index (χ4n) is 2.94. The quantitative estimate of drug-likeness (QED) is 0.936. The zero-order chi connectivity index (χ0) is 16.8. The minimum absolute atomic E-state index is 0.141. The highest BCUT2D eigenvalue weighted by Gasteiger charge is 2.70. The number of aryl methyl sites for hydroxylation is 1. The van der Waals surface area contributed by atoms with Crippen LogP contribution in [0.5, 0.6) is 0 Å². The number of rotatable bonds is 3. The van der Waals surface area contributed by atoms with Gasteiger partial charge in [0.1, 0.15) is 16.6 Å². The van der Waals surface area contributed by atoms with Gasteiger partial charge in [0.05, 0.1) is 11.0 Å². The molecule has 0 aromatic heterocycles. The molecule has 1 aliphatic carbocycles. The van der Waals surface area contributed by atoms with Gasteiger partial charge in [0.2, 0.25) is 0 Å². The number of nitrogens with zero attached hydrogens (tertiary/aromatic N) is 1. The first-order valence-corrected chi connectivity index (χ1v) is 8.61. The van der Waals surface area contributed by atoms with Crippen LogP contribution in [0.1, 0.15) is 17.0 Å². The van der Waals surface area contributed by atoms with Crippen molar-refractivity contribution >= 4 is 9.84 Å². The van der Waals surface area contributed by atoms with Gasteiger partial charge in [0.25, 0.3) is 0 Å². The summed E-state index contributed by atoms with van der Waals surface area (Å²) in [6.07, 6.45) is 0. The van der Waals surface area contributed by atoms with Gasteiger partial charge < -0.3 is 5.73 Å². The Hall–Kier alpha value is -2.23. The smallest absolute Gasteiger partial charge is 0.184 e. The summed E-state index contributed by atoms with van der Waals surface area (Å²) >= 11 is 0. The summed E-state index contributed by atoms with van der Waals surface area (Å²) in [6, 6.07) is 13.8. The van der Waals surface area contributed by atoms with E-state index in [2.05, 4.69) is 0 Å². The second kappa shape index (κ2) is 5.15. The van der Waals surface area contributed by atoms with Gasteiger partial charge in [-0.25, -0.2) is 12.8 Å². The van der Waals surface area contributed by atoms with Crippen LogP contribution in [0.25, 0.3) is 0 Å². The fourth-order valence-corrected chi connectivity index (χ4v) is 5.12. The molecule has 118 valence electrons. The van der Waals surface area contributed by atoms with Crippen LogP contribution < -0.4 is 5.73 Å². The summed E-state index contributed by atoms with van der Waals surface area (Å²) < 4.78 is 38.7. The van der Waals surface area contributed by atoms with Crippen molar-refractivity contribution in [1.29, 1.82) is 5.26 Å². The molecule has 3 atom stereocenters. The molecular formula is C17H15FN2O2S. The van der Waals surface area contributed by atoms with Crippen molar-refractivity contribution in [1.82, 2.24) is 0 Å². The molecule has 0 radical (unpaired) electrons. The topological polar surface area (TPSA) is 83.9 Å². The van der Waals surface area contributed by atoms with Crippen molar-refractivity contribution in [2.45, 2.75) is 28.5 Å². The van der Waals surface area contributed by atoms with E-state index < -0.39 is 32.4 Å². The first kappa shape index (κ1) is 15.7. The predicted octanol–water partition coefficient (Wildman–Crippen LogP) is 2.29. The summed E-state index contributed by atoms with van der Waals surface area (Å²) in [6.45, 7) is 1.86. The summed E-state index contributed by atoms with van der Waals surface area (Å²) in [5.74, 6) is -1.09. The molecule has 2 aromatic rings. The molecule has 4 nitrogen and oxygen atoms in total. The molecule has 1 saturated carbocycles. The Morgan fingerprint density at radius 3 is 2.22 bits per heavy atom. The second-order valence-electron chi connectivity index (χ2n) is 5.85. The van der Waals surface area contributed by atoms with Gasteiger partial charge in [0.15, 0.2) is 9.84 Å². The Labute approximate surface area is 134 Å². The number of hydrogen-bond donors (Lipinski definition) is 1. The number of halogens is 1. The van der Waals surface area contributed by atoms with Crippen molar-refractivity contribution in [3.63, 3.8) is 0 Å². The molecule has 0 unspecified atom stereocenters. The summed E-state index contributed by atoms with van der Waals surface area (Å²) in [5.41, 5.74) is 6.02. The zero-order valence-corrected chi connectivity index (χ0v) is 13.2. The third-order valence-electron chi connectivity index (χ3n) is 4.29. The van der Waals surface area contributed by atoms with Crippen LogP contribution in [0.4, 0.5) is 4.39 Å². The monoisotopic (exact) mass is 330 g/mol. The van der Waals surface area contributed by atoms with Gasteiger partial charge >= 0.3 is 0 Å². The standard InChI is InChI=1S/C17H15FN2O2S/c1-11-2-8-14(9-3-11)23(21,22)16-15(17(16,20)10-19)12-4-6-13(18)7-5-12/h2-9,15-16H,20H2,1H3/t15-,16-,17-/m0/s1. The molecule has 0 heterocycles. The zero-order valence-electron chi connectivity index (χ0n) is 12.4. The van der Waals surface area contributed by atoms with E-state index in [-0.39, 0.29) is 4.90 Å². The lowest BCUT2D eigenvalue weighted by Crippen LogP contribution is -2.29. The lowest BCUT2D eigenvalue weighted by atomic mass is 10.1. The molecule has 0 aliphatic heterocycles. The maximum atomic E-state index is 13.1. The molecule has 3 rings (SSSR count). The summed E-state index contributed by atoms with van der Waals surface area (Å²) in [5, 5.41) is 8.33. The number of nitriles is 1. The first-order valence-electron chi connectivity index (χ1n) is 7.07. The van der Waals surface area contributed by atoms with Gasteiger partial charge in [-0.15, -0.1) is 0 Å². The molecule has 2 N–H and O–H groups in total. The molecule has 0 saturated heterocycles. The Kier molecular flexibility index (Phi) is 3.51. The molecule has 6 heteroatoms. The van der Waals surface area contributed by atoms with Crippen molar-refractivity contribution < 1.29 is 12.8 Å². The van der Waals surface area contributed by atoms with E-state index in [1.807, 2.05) is 13.0 Å². The van der Waals surface area contributed by atoms with E-state index in [0.717, 1.165) is 5.56 Å². The third-order valence-corrected chi connectivity index (χ3v) is 6.55. The highest BCUT2D eigenvalue weighted by atomic mass is 32.2. The lowest BCUT2D eigenvalue weighted by Gasteiger charge is -2.05. The van der Waals surface area contributed by atoms with Gasteiger partial charge in [0, 0.05) is 5.92 Å². The maximum Gasteiger partial charge on any atom is 0.184 e. The van der Waals surface area contributed by atoms with Crippen LogP contribution in [0.3, 0.4) is 0 Å². The fraction of sp³-hybridized carbons (Fsp3) is 0.235. The van der Waals surface area contributed by atoms with Crippen LogP contribution in [0.15, 0.2) is 53.4 Å². The predicted molar refractivity (Wildman–Crippen MR) is 83.8 cm³/mol. The van der Waals surface area contributed by atoms with Crippen LogP contribution in [0, 0.1) is 24.1 Å². The third kappa shape index (κ3) is 2.42. The number of sulfone groups is 1. The average Bonchev–Trinajstić information content (AvgIpc) is 3.16. The SMILES string of the molecule is Cc1ccc(S(=O)(=O)[C@H]2[C@H](c3ccc(F)cc3)[C@@]2(N)C#N)cc1. The molecule has 2 aromatic carbocycles. The maximum absolute atomic E-state index is 13.1. The van der Waals surface area contributed by atoms with E-state index in [4.69, 9.17) is 5.73 Å². The largest absolute Gasteiger partial charge is 0.312 e. The highest BCUT2D eigenvalue weighted by Crippen LogP contribution is 2.55. The van der Waals surface area contributed by atoms with Crippen LogP contribution in [-0.4, -0.2) is 19.2 Å². The summed E-state index contributed by atoms with van der Waals surface area (Å²) in [7, 11) is -3.75. The van der Waals surface area contributed by atoms with Gasteiger partial charge in [-0.2, -0.15) is 5.26 Å². The van der Waals surface area contributed by atoms with E-state index in [0.29, 0.717) is 5.56 Å². The summed E-state index contributed by atoms with van der Waals surface area (Å²) in [4.78, 5) is 0.141. The average molecular weight is 330 g/mol. The van der Waals surface area contributed by atoms with Crippen molar-refractivity contribution in [2.75, 3.05) is 0 Å². The van der Waals surface area contributed by atoms with E-state index >= 15 is 0 Å². The van der Waals surface area contributed by atoms with Gasteiger partial charge in [-0.3, -0.25) is 0 Å². The second-order valence-corrected chi connectivity index (χ2v) is 7.92. The molecule has 0 bridgehead atoms. The van der Waals surface area contributed by atoms with Crippen LogP contribution in [0.2, 0.25) is 0 Å². The number of nitrogens with two attached hydrogens (primary N) is 1. The van der Waals surface area contributed by atoms with Gasteiger partial charge in [-0.1, -0.05) is 29.8 Å². The van der Waals surface area contributed by atoms with Crippen molar-refractivity contribution in [3.8, 4) is 6.07 Å². The first-order chi connectivity index (χ1) is 10.8. The van der Waals surface area contributed by atoms with E-state index in [9.17, 15) is 18.1 Å². The minimum atomic E-state index is -3.75. The molecule has 23 heavy (non-hydrogen) atoms. The van der Waals surface area contributed by atoms with Crippen LogP contribution in [-0.2, 0) is 9.84 Å². The number of hydrogen-bond acceptors (Lipinski definition) is 4. The Balaban J connectivity index is 2.03. The molecular weight excluding hydrogens is 315 g/mol. The molecule has 0 spiro atoms. The van der Waals surface area contributed by atoms with E-state index in [1.54, 1.807) is 12.1 Å². The molecule has 0 amide bonds. The Morgan fingerprint density at radius 2 is 1.70 bits per heavy atom. The van der Waals surface area contributed by atoms with Gasteiger partial charge in [-0.05, 0) is 36.8 Å². The lowest BCUT2D eigenvalue weighted by molar-refractivity contribution is 0.592. The van der Waals surface area contributed by atoms with Crippen molar-refractivity contribution in [3.05, 3.63) is 65.5 Å². The molecule has 1 aliphatic rings. The normalized spacial score (nSPS) is 26.5. The highest BCUT2D eigenvalue weighted by molar-refractivity contribution is 7.92. The minimum Gasteiger partial charge on any atom is -0.312 e. The Bertz CT molecular complexity index is 886. The number of benzene rings is 2. The Morgan fingerprint density at radius 1 is 1.13 bits per heavy atom. The van der Waals surface area contributed by atoms with Crippen molar-refractivity contribution in [2.24, 2.45) is 5.73 Å². The molecule has 1 fully saturated rings. The van der Waals surface area contributed by atoms with Crippen LogP contribution >= 0.6 is 0 Å². The van der Waals surface area contributed by atoms with E-state index in [1.165, 1.54) is 36.4 Å².